The summed E-state index contributed by atoms with van der Waals surface area (Å²) in [4.78, 5) is 29.4. The molecule has 0 radical (unpaired) electrons. The highest BCUT2D eigenvalue weighted by molar-refractivity contribution is 5.83. The van der Waals surface area contributed by atoms with Gasteiger partial charge in [-0.15, -0.1) is 0 Å². The second-order valence-corrected chi connectivity index (χ2v) is 7.77. The Labute approximate surface area is 167 Å². The van der Waals surface area contributed by atoms with Gasteiger partial charge in [0.2, 0.25) is 5.91 Å². The molecule has 1 amide bonds. The fraction of sp³-hybridized carbons (Fsp3) is 0.500. The lowest BCUT2D eigenvalue weighted by Gasteiger charge is -2.40. The molecule has 0 saturated carbocycles. The molecule has 1 atom stereocenters. The van der Waals surface area contributed by atoms with Crippen molar-refractivity contribution in [1.29, 1.82) is 0 Å². The minimum absolute atomic E-state index is 0.193. The highest BCUT2D eigenvalue weighted by Crippen LogP contribution is 2.27. The molecule has 1 fully saturated rings. The lowest BCUT2D eigenvalue weighted by molar-refractivity contribution is -0.139. The van der Waals surface area contributed by atoms with Crippen molar-refractivity contribution in [1.82, 2.24) is 24.7 Å². The molecule has 1 aromatic carbocycles. The monoisotopic (exact) mass is 379 g/mol. The first-order valence-corrected chi connectivity index (χ1v) is 10.3. The molecule has 2 aliphatic heterocycles. The van der Waals surface area contributed by atoms with Crippen LogP contribution in [0.2, 0.25) is 0 Å². The number of amides is 1. The highest BCUT2D eigenvalue weighted by atomic mass is 16.2. The van der Waals surface area contributed by atoms with Gasteiger partial charge in [-0.2, -0.15) is 0 Å². The molecule has 2 aromatic rings. The van der Waals surface area contributed by atoms with Gasteiger partial charge in [-0.3, -0.25) is 9.69 Å². The number of piperazine rings is 1. The van der Waals surface area contributed by atoms with Gasteiger partial charge in [-0.25, -0.2) is 9.97 Å². The van der Waals surface area contributed by atoms with E-state index < -0.39 is 0 Å². The smallest absolute Gasteiger partial charge is 0.244 e. The third kappa shape index (κ3) is 3.93. The Bertz CT molecular complexity index is 817. The summed E-state index contributed by atoms with van der Waals surface area (Å²) in [6, 6.07) is 10.0. The maximum absolute atomic E-state index is 13.7. The van der Waals surface area contributed by atoms with E-state index in [4.69, 9.17) is 4.98 Å². The molecule has 28 heavy (non-hydrogen) atoms. The van der Waals surface area contributed by atoms with E-state index in [0.717, 1.165) is 62.6 Å². The quantitative estimate of drug-likeness (QED) is 0.812. The maximum Gasteiger partial charge on any atom is 0.244 e. The van der Waals surface area contributed by atoms with Crippen molar-refractivity contribution in [3.63, 3.8) is 0 Å². The van der Waals surface area contributed by atoms with Crippen LogP contribution in [0.15, 0.2) is 36.5 Å². The van der Waals surface area contributed by atoms with Crippen molar-refractivity contribution < 1.29 is 4.79 Å². The van der Waals surface area contributed by atoms with E-state index in [2.05, 4.69) is 40.9 Å². The molecule has 1 unspecified atom stereocenters. The molecule has 1 saturated heterocycles. The summed E-state index contributed by atoms with van der Waals surface area (Å²) in [5, 5.41) is 0. The molecule has 1 aromatic heterocycles. The number of likely N-dealkylation sites (N-methyl/N-ethyl adjacent to an activating group) is 1. The van der Waals surface area contributed by atoms with E-state index in [-0.39, 0.29) is 11.9 Å². The number of hydrogen-bond acceptors (Lipinski definition) is 5. The number of carbonyl (C=O) groups is 1. The first kappa shape index (κ1) is 19.0. The number of hydrogen-bond donors (Lipinski definition) is 0. The molecule has 0 bridgehead atoms. The zero-order valence-electron chi connectivity index (χ0n) is 16.8. The van der Waals surface area contributed by atoms with E-state index in [9.17, 15) is 4.79 Å². The topological polar surface area (TPSA) is 52.6 Å². The van der Waals surface area contributed by atoms with Gasteiger partial charge in [0, 0.05) is 45.3 Å². The minimum atomic E-state index is -0.219. The zero-order valence-corrected chi connectivity index (χ0v) is 16.8. The van der Waals surface area contributed by atoms with Crippen LogP contribution in [-0.2, 0) is 24.2 Å². The van der Waals surface area contributed by atoms with Crippen LogP contribution < -0.4 is 0 Å². The summed E-state index contributed by atoms with van der Waals surface area (Å²) >= 11 is 0. The average Bonchev–Trinajstić information content (AvgIpc) is 2.75. The van der Waals surface area contributed by atoms with Crippen LogP contribution in [-0.4, -0.2) is 70.3 Å². The lowest BCUT2D eigenvalue weighted by atomic mass is 10.00. The van der Waals surface area contributed by atoms with Crippen molar-refractivity contribution in [2.75, 3.05) is 39.8 Å². The summed E-state index contributed by atoms with van der Waals surface area (Å²) in [5.41, 5.74) is 3.27. The number of rotatable bonds is 4. The van der Waals surface area contributed by atoms with E-state index >= 15 is 0 Å². The largest absolute Gasteiger partial charge is 0.335 e. The van der Waals surface area contributed by atoms with Crippen LogP contribution in [0.4, 0.5) is 0 Å². The van der Waals surface area contributed by atoms with Crippen LogP contribution in [0.1, 0.15) is 35.6 Å². The van der Waals surface area contributed by atoms with Gasteiger partial charge in [-0.05, 0) is 24.6 Å². The minimum Gasteiger partial charge on any atom is -0.335 e. The normalized spacial score (nSPS) is 19.3. The molecule has 2 aliphatic rings. The van der Waals surface area contributed by atoms with Gasteiger partial charge in [0.05, 0.1) is 12.2 Å². The fourth-order valence-electron chi connectivity index (χ4n) is 4.10. The molecule has 0 aliphatic carbocycles. The molecule has 4 rings (SSSR count). The van der Waals surface area contributed by atoms with Crippen LogP contribution in [0, 0.1) is 0 Å². The summed E-state index contributed by atoms with van der Waals surface area (Å²) in [6.07, 6.45) is 3.59. The molecule has 3 heterocycles. The second-order valence-electron chi connectivity index (χ2n) is 7.77. The van der Waals surface area contributed by atoms with Gasteiger partial charge in [0.15, 0.2) is 0 Å². The van der Waals surface area contributed by atoms with Crippen LogP contribution in [0.5, 0.6) is 0 Å². The number of aryl methyl sites for hydroxylation is 1. The Kier molecular flexibility index (Phi) is 5.69. The van der Waals surface area contributed by atoms with Crippen LogP contribution >= 0.6 is 0 Å². The van der Waals surface area contributed by atoms with Gasteiger partial charge in [0.25, 0.3) is 0 Å². The molecular weight excluding hydrogens is 350 g/mol. The van der Waals surface area contributed by atoms with E-state index in [1.807, 2.05) is 29.3 Å². The fourth-order valence-corrected chi connectivity index (χ4v) is 4.10. The van der Waals surface area contributed by atoms with Crippen molar-refractivity contribution in [3.05, 3.63) is 59.2 Å². The second kappa shape index (κ2) is 8.37. The average molecular weight is 380 g/mol. The predicted molar refractivity (Wildman–Crippen MR) is 109 cm³/mol. The maximum atomic E-state index is 13.7. The van der Waals surface area contributed by atoms with Gasteiger partial charge >= 0.3 is 0 Å². The van der Waals surface area contributed by atoms with E-state index in [1.165, 1.54) is 5.56 Å². The Hall–Kier alpha value is -2.31. The molecule has 0 N–H and O–H groups in total. The first-order chi connectivity index (χ1) is 13.7. The Morgan fingerprint density at radius 3 is 2.57 bits per heavy atom. The number of nitrogens with zero attached hydrogens (tertiary/aromatic N) is 5. The molecular formula is C22H29N5O. The van der Waals surface area contributed by atoms with Crippen LogP contribution in [0.25, 0.3) is 0 Å². The Balaban J connectivity index is 1.58. The summed E-state index contributed by atoms with van der Waals surface area (Å²) < 4.78 is 0. The number of benzene rings is 1. The Morgan fingerprint density at radius 1 is 1.11 bits per heavy atom. The van der Waals surface area contributed by atoms with Crippen molar-refractivity contribution in [2.24, 2.45) is 0 Å². The molecule has 148 valence electrons. The number of carbonyl (C=O) groups excluding carboxylic acids is 1. The summed E-state index contributed by atoms with van der Waals surface area (Å²) in [5.74, 6) is 1.05. The third-order valence-corrected chi connectivity index (χ3v) is 5.88. The molecule has 6 nitrogen and oxygen atoms in total. The highest BCUT2D eigenvalue weighted by Gasteiger charge is 2.34. The van der Waals surface area contributed by atoms with E-state index in [0.29, 0.717) is 6.54 Å². The molecule has 0 spiro atoms. The van der Waals surface area contributed by atoms with Crippen molar-refractivity contribution in [2.45, 2.75) is 32.4 Å². The standard InChI is InChI=1S/C22H29N5O/c1-3-20-23-15-18-9-10-27(16-19(18)24-20)22(28)21(17-7-5-4-6-8-17)26-13-11-25(2)12-14-26/h4-8,15,21H,3,9-14,16H2,1-2H3. The molecule has 6 heteroatoms. The Morgan fingerprint density at radius 2 is 1.86 bits per heavy atom. The zero-order chi connectivity index (χ0) is 19.5. The van der Waals surface area contributed by atoms with Gasteiger partial charge < -0.3 is 9.80 Å². The van der Waals surface area contributed by atoms with Crippen LogP contribution in [0.3, 0.4) is 0 Å². The van der Waals surface area contributed by atoms with Crippen molar-refractivity contribution >= 4 is 5.91 Å². The van der Waals surface area contributed by atoms with Crippen molar-refractivity contribution in [3.8, 4) is 0 Å². The summed E-state index contributed by atoms with van der Waals surface area (Å²) in [6.45, 7) is 7.19. The first-order valence-electron chi connectivity index (χ1n) is 10.3. The van der Waals surface area contributed by atoms with E-state index in [1.54, 1.807) is 0 Å². The lowest BCUT2D eigenvalue weighted by Crippen LogP contribution is -2.51. The van der Waals surface area contributed by atoms with Gasteiger partial charge in [0.1, 0.15) is 11.9 Å². The third-order valence-electron chi connectivity index (χ3n) is 5.88. The predicted octanol–water partition coefficient (Wildman–Crippen LogP) is 1.91. The SMILES string of the molecule is CCc1ncc2c(n1)CN(C(=O)C(c1ccccc1)N1CCN(C)CC1)CC2. The van der Waals surface area contributed by atoms with Gasteiger partial charge in [-0.1, -0.05) is 37.3 Å². The number of aromatic nitrogens is 2. The number of fused-ring (bicyclic) bond motifs is 1. The summed E-state index contributed by atoms with van der Waals surface area (Å²) in [7, 11) is 2.14.